The number of carbonyl (C=O) groups excluding carboxylic acids is 2. The molecule has 0 atom stereocenters. The molecule has 1 N–H and O–H groups in total. The van der Waals surface area contributed by atoms with Gasteiger partial charge in [-0.3, -0.25) is 19.3 Å². The molecule has 2 aromatic rings. The van der Waals surface area contributed by atoms with Crippen LogP contribution < -0.4 is 0 Å². The first-order valence-corrected chi connectivity index (χ1v) is 9.52. The number of aromatic amines is 1. The first-order valence-electron chi connectivity index (χ1n) is 9.11. The molecule has 0 aliphatic carbocycles. The van der Waals surface area contributed by atoms with Crippen molar-refractivity contribution in [1.82, 2.24) is 24.6 Å². The Morgan fingerprint density at radius 1 is 1.15 bits per heavy atom. The number of aromatic nitrogens is 3. The molecule has 0 spiro atoms. The molecule has 146 valence electrons. The minimum atomic E-state index is -0.103. The number of benzene rings is 1. The Morgan fingerprint density at radius 3 is 2.37 bits per heavy atom. The number of rotatable bonds is 8. The van der Waals surface area contributed by atoms with E-state index in [-0.39, 0.29) is 24.8 Å². The third-order valence-corrected chi connectivity index (χ3v) is 4.84. The zero-order valence-electron chi connectivity index (χ0n) is 16.4. The van der Waals surface area contributed by atoms with Crippen LogP contribution in [-0.4, -0.2) is 63.1 Å². The van der Waals surface area contributed by atoms with Gasteiger partial charge in [0.2, 0.25) is 11.8 Å². The fourth-order valence-corrected chi connectivity index (χ4v) is 3.04. The van der Waals surface area contributed by atoms with E-state index >= 15 is 0 Å². The van der Waals surface area contributed by atoms with Crippen molar-refractivity contribution in [2.45, 2.75) is 33.7 Å². The highest BCUT2D eigenvalue weighted by atomic mass is 32.1. The molecule has 0 fully saturated rings. The summed E-state index contributed by atoms with van der Waals surface area (Å²) in [6.45, 7) is 7.65. The average Bonchev–Trinajstić information content (AvgIpc) is 3.01. The van der Waals surface area contributed by atoms with E-state index in [1.165, 1.54) is 4.90 Å². The maximum atomic E-state index is 12.5. The molecule has 27 heavy (non-hydrogen) atoms. The first-order chi connectivity index (χ1) is 12.9. The van der Waals surface area contributed by atoms with Crippen molar-refractivity contribution in [2.75, 3.05) is 26.7 Å². The van der Waals surface area contributed by atoms with Gasteiger partial charge >= 0.3 is 0 Å². The van der Waals surface area contributed by atoms with Gasteiger partial charge in [-0.05, 0) is 33.0 Å². The smallest absolute Gasteiger partial charge is 0.242 e. The molecule has 1 heterocycles. The Hall–Kier alpha value is -2.48. The Balaban J connectivity index is 2.03. The molecule has 0 unspecified atom stereocenters. The summed E-state index contributed by atoms with van der Waals surface area (Å²) in [4.78, 5) is 27.8. The molecule has 0 aliphatic heterocycles. The van der Waals surface area contributed by atoms with E-state index in [1.54, 1.807) is 11.9 Å². The number of H-pyrrole nitrogens is 1. The summed E-state index contributed by atoms with van der Waals surface area (Å²) in [5.74, 6) is 0.555. The second-order valence-corrected chi connectivity index (χ2v) is 6.82. The summed E-state index contributed by atoms with van der Waals surface area (Å²) in [6.07, 6.45) is 0.245. The molecule has 0 aliphatic rings. The lowest BCUT2D eigenvalue weighted by atomic mass is 10.1. The molecule has 2 rings (SSSR count). The number of nitrogens with one attached hydrogen (secondary N) is 1. The maximum absolute atomic E-state index is 12.5. The largest absolute Gasteiger partial charge is 0.342 e. The van der Waals surface area contributed by atoms with Crippen LogP contribution in [0.25, 0.3) is 11.4 Å². The number of amides is 2. The summed E-state index contributed by atoms with van der Waals surface area (Å²) < 4.78 is 2.29. The summed E-state index contributed by atoms with van der Waals surface area (Å²) in [5, 5.41) is 7.09. The Labute approximate surface area is 165 Å². The topological polar surface area (TPSA) is 74.2 Å². The van der Waals surface area contributed by atoms with Crippen LogP contribution in [0.5, 0.6) is 0 Å². The number of nitrogens with zero attached hydrogens (tertiary/aromatic N) is 4. The van der Waals surface area contributed by atoms with Crippen molar-refractivity contribution in [1.29, 1.82) is 0 Å². The molecule has 0 saturated carbocycles. The Morgan fingerprint density at radius 2 is 1.78 bits per heavy atom. The van der Waals surface area contributed by atoms with Crippen LogP contribution in [0.4, 0.5) is 0 Å². The van der Waals surface area contributed by atoms with Crippen LogP contribution in [0.1, 0.15) is 25.8 Å². The molecular weight excluding hydrogens is 362 g/mol. The molecule has 1 aromatic carbocycles. The van der Waals surface area contributed by atoms with Crippen LogP contribution in [0.2, 0.25) is 0 Å². The van der Waals surface area contributed by atoms with Gasteiger partial charge in [-0.15, -0.1) is 0 Å². The fraction of sp³-hybridized carbons (Fsp3) is 0.474. The van der Waals surface area contributed by atoms with Crippen LogP contribution in [0.15, 0.2) is 24.3 Å². The van der Waals surface area contributed by atoms with E-state index in [2.05, 4.69) is 10.2 Å². The van der Waals surface area contributed by atoms with E-state index in [9.17, 15) is 9.59 Å². The second kappa shape index (κ2) is 9.45. The molecule has 0 radical (unpaired) electrons. The predicted molar refractivity (Wildman–Crippen MR) is 108 cm³/mol. The van der Waals surface area contributed by atoms with Gasteiger partial charge in [-0.25, -0.2) is 0 Å². The minimum Gasteiger partial charge on any atom is -0.342 e. The summed E-state index contributed by atoms with van der Waals surface area (Å²) in [6, 6.07) is 7.98. The highest BCUT2D eigenvalue weighted by Crippen LogP contribution is 2.18. The lowest BCUT2D eigenvalue weighted by molar-refractivity contribution is -0.139. The molecule has 1 aromatic heterocycles. The zero-order chi connectivity index (χ0) is 20.0. The van der Waals surface area contributed by atoms with Crippen LogP contribution in [-0.2, 0) is 16.1 Å². The molecule has 0 bridgehead atoms. The maximum Gasteiger partial charge on any atom is 0.242 e. The standard InChI is InChI=1S/C19H27N5O2S/c1-5-23(6-2)17(26)13-22(4)16(25)11-12-24-18(20-21-19(24)27)15-9-7-14(3)8-10-15/h7-10H,5-6,11-13H2,1-4H3,(H,21,27). The highest BCUT2D eigenvalue weighted by Gasteiger charge is 2.17. The van der Waals surface area contributed by atoms with Gasteiger partial charge < -0.3 is 9.80 Å². The molecule has 0 saturated heterocycles. The SMILES string of the molecule is CCN(CC)C(=O)CN(C)C(=O)CCn1c(-c2ccc(C)cc2)n[nH]c1=S. The van der Waals surface area contributed by atoms with Gasteiger partial charge in [0.25, 0.3) is 0 Å². The van der Waals surface area contributed by atoms with Crippen molar-refractivity contribution < 1.29 is 9.59 Å². The van der Waals surface area contributed by atoms with Crippen LogP contribution in [0, 0.1) is 11.7 Å². The van der Waals surface area contributed by atoms with Crippen molar-refractivity contribution in [2.24, 2.45) is 0 Å². The third kappa shape index (κ3) is 5.26. The third-order valence-electron chi connectivity index (χ3n) is 4.53. The van der Waals surface area contributed by atoms with E-state index in [0.29, 0.717) is 30.2 Å². The summed E-state index contributed by atoms with van der Waals surface area (Å²) in [7, 11) is 1.65. The fourth-order valence-electron chi connectivity index (χ4n) is 2.81. The zero-order valence-corrected chi connectivity index (χ0v) is 17.2. The lowest BCUT2D eigenvalue weighted by Crippen LogP contribution is -2.41. The number of aryl methyl sites for hydroxylation is 1. The van der Waals surface area contributed by atoms with E-state index in [0.717, 1.165) is 11.1 Å². The normalized spacial score (nSPS) is 10.7. The van der Waals surface area contributed by atoms with Crippen molar-refractivity contribution in [3.63, 3.8) is 0 Å². The highest BCUT2D eigenvalue weighted by molar-refractivity contribution is 7.71. The first kappa shape index (κ1) is 20.8. The number of hydrogen-bond donors (Lipinski definition) is 1. The van der Waals surface area contributed by atoms with Gasteiger partial charge in [0.1, 0.15) is 0 Å². The molecule has 7 nitrogen and oxygen atoms in total. The second-order valence-electron chi connectivity index (χ2n) is 6.44. The van der Waals surface area contributed by atoms with E-state index < -0.39 is 0 Å². The summed E-state index contributed by atoms with van der Waals surface area (Å²) >= 11 is 5.31. The molecule has 8 heteroatoms. The number of carbonyl (C=O) groups is 2. The average molecular weight is 390 g/mol. The quantitative estimate of drug-likeness (QED) is 0.705. The van der Waals surface area contributed by atoms with Crippen molar-refractivity contribution in [3.05, 3.63) is 34.6 Å². The van der Waals surface area contributed by atoms with Gasteiger partial charge in [-0.2, -0.15) is 5.10 Å². The Bertz CT molecular complexity index is 837. The van der Waals surface area contributed by atoms with E-state index in [4.69, 9.17) is 12.2 Å². The van der Waals surface area contributed by atoms with Crippen LogP contribution in [0.3, 0.4) is 0 Å². The minimum absolute atomic E-state index is 0.0453. The molecular formula is C19H27N5O2S. The van der Waals surface area contributed by atoms with Gasteiger partial charge in [0.05, 0.1) is 6.54 Å². The monoisotopic (exact) mass is 389 g/mol. The molecule has 2 amide bonds. The van der Waals surface area contributed by atoms with Gasteiger partial charge in [0.15, 0.2) is 10.6 Å². The number of hydrogen-bond acceptors (Lipinski definition) is 4. The van der Waals surface area contributed by atoms with Crippen LogP contribution >= 0.6 is 12.2 Å². The van der Waals surface area contributed by atoms with Gasteiger partial charge in [0, 0.05) is 38.7 Å². The number of likely N-dealkylation sites (N-methyl/N-ethyl adjacent to an activating group) is 2. The van der Waals surface area contributed by atoms with E-state index in [1.807, 2.05) is 49.6 Å². The van der Waals surface area contributed by atoms with Crippen molar-refractivity contribution in [3.8, 4) is 11.4 Å². The predicted octanol–water partition coefficient (Wildman–Crippen LogP) is 2.63. The Kier molecular flexibility index (Phi) is 7.29. The van der Waals surface area contributed by atoms with Crippen molar-refractivity contribution >= 4 is 24.0 Å². The summed E-state index contributed by atoms with van der Waals surface area (Å²) in [5.41, 5.74) is 2.10. The lowest BCUT2D eigenvalue weighted by Gasteiger charge is -2.23. The van der Waals surface area contributed by atoms with Gasteiger partial charge in [-0.1, -0.05) is 29.8 Å².